The van der Waals surface area contributed by atoms with Gasteiger partial charge < -0.3 is 21.5 Å². The molecule has 0 unspecified atom stereocenters. The quantitative estimate of drug-likeness (QED) is 0.494. The summed E-state index contributed by atoms with van der Waals surface area (Å²) in [6, 6.07) is 0.00267. The van der Waals surface area contributed by atoms with Crippen LogP contribution < -0.4 is 16.4 Å². The van der Waals surface area contributed by atoms with E-state index in [1.807, 2.05) is 0 Å². The van der Waals surface area contributed by atoms with Crippen LogP contribution in [0.15, 0.2) is 0 Å². The molecule has 0 atom stereocenters. The van der Waals surface area contributed by atoms with Gasteiger partial charge in [-0.25, -0.2) is 0 Å². The van der Waals surface area contributed by atoms with E-state index in [9.17, 15) is 14.4 Å². The van der Waals surface area contributed by atoms with Crippen molar-refractivity contribution >= 4 is 17.8 Å². The monoisotopic (exact) mass is 257 g/mol. The third-order valence-corrected chi connectivity index (χ3v) is 3.07. The second-order valence-electron chi connectivity index (χ2n) is 4.44. The van der Waals surface area contributed by atoms with Gasteiger partial charge in [0.25, 0.3) is 0 Å². The summed E-state index contributed by atoms with van der Waals surface area (Å²) in [4.78, 5) is 33.1. The van der Waals surface area contributed by atoms with Crippen molar-refractivity contribution < 1.29 is 19.5 Å². The topological polar surface area (TPSA) is 122 Å². The number of nitrogens with one attached hydrogen (secondary N) is 2. The maximum absolute atomic E-state index is 11.5. The summed E-state index contributed by atoms with van der Waals surface area (Å²) in [5, 5.41) is 14.0. The van der Waals surface area contributed by atoms with Crippen LogP contribution in [0, 0.1) is 5.92 Å². The van der Waals surface area contributed by atoms with E-state index in [1.165, 1.54) is 0 Å². The van der Waals surface area contributed by atoms with Gasteiger partial charge in [0.2, 0.25) is 11.8 Å². The highest BCUT2D eigenvalue weighted by molar-refractivity contribution is 5.85. The Morgan fingerprint density at radius 2 is 1.72 bits per heavy atom. The van der Waals surface area contributed by atoms with E-state index >= 15 is 0 Å². The predicted molar refractivity (Wildman–Crippen MR) is 63.6 cm³/mol. The molecule has 0 aromatic carbocycles. The molecular formula is C11H19N3O4. The number of amides is 2. The van der Waals surface area contributed by atoms with Gasteiger partial charge in [-0.1, -0.05) is 0 Å². The second kappa shape index (κ2) is 6.95. The Morgan fingerprint density at radius 3 is 2.22 bits per heavy atom. The normalized spacial score (nSPS) is 23.2. The minimum atomic E-state index is -0.769. The first-order chi connectivity index (χ1) is 8.52. The number of aliphatic carboxylic acids is 1. The Labute approximate surface area is 105 Å². The first kappa shape index (κ1) is 14.4. The van der Waals surface area contributed by atoms with E-state index in [4.69, 9.17) is 10.8 Å². The highest BCUT2D eigenvalue weighted by Gasteiger charge is 2.26. The first-order valence-electron chi connectivity index (χ1n) is 6.02. The van der Waals surface area contributed by atoms with Crippen LogP contribution in [-0.4, -0.2) is 42.0 Å². The molecule has 0 aromatic heterocycles. The molecule has 1 aliphatic carbocycles. The average molecular weight is 257 g/mol. The second-order valence-corrected chi connectivity index (χ2v) is 4.44. The summed E-state index contributed by atoms with van der Waals surface area (Å²) in [7, 11) is 0. The minimum absolute atomic E-state index is 0.00267. The van der Waals surface area contributed by atoms with Gasteiger partial charge in [0.15, 0.2) is 0 Å². The molecule has 0 aliphatic heterocycles. The summed E-state index contributed by atoms with van der Waals surface area (Å²) in [5.74, 6) is -1.71. The smallest absolute Gasteiger partial charge is 0.306 e. The molecule has 102 valence electrons. The maximum atomic E-state index is 11.5. The molecule has 1 rings (SSSR count). The Morgan fingerprint density at radius 1 is 1.11 bits per heavy atom. The van der Waals surface area contributed by atoms with Crippen LogP contribution in [0.1, 0.15) is 25.7 Å². The van der Waals surface area contributed by atoms with Gasteiger partial charge in [-0.2, -0.15) is 0 Å². The van der Waals surface area contributed by atoms with Crippen molar-refractivity contribution in [2.45, 2.75) is 31.7 Å². The van der Waals surface area contributed by atoms with Crippen LogP contribution in [0.2, 0.25) is 0 Å². The van der Waals surface area contributed by atoms with Crippen molar-refractivity contribution in [1.82, 2.24) is 10.6 Å². The van der Waals surface area contributed by atoms with Crippen LogP contribution >= 0.6 is 0 Å². The van der Waals surface area contributed by atoms with Gasteiger partial charge in [0, 0.05) is 6.04 Å². The van der Waals surface area contributed by atoms with Gasteiger partial charge in [0.1, 0.15) is 0 Å². The number of carboxylic acids is 1. The molecule has 0 radical (unpaired) electrons. The zero-order chi connectivity index (χ0) is 13.5. The number of carbonyl (C=O) groups is 3. The Bertz CT molecular complexity index is 324. The fraction of sp³-hybridized carbons (Fsp3) is 0.727. The number of nitrogens with two attached hydrogens (primary N) is 1. The minimum Gasteiger partial charge on any atom is -0.481 e. The lowest BCUT2D eigenvalue weighted by Gasteiger charge is -2.26. The van der Waals surface area contributed by atoms with Crippen molar-refractivity contribution in [3.8, 4) is 0 Å². The van der Waals surface area contributed by atoms with Crippen molar-refractivity contribution in [1.29, 1.82) is 0 Å². The van der Waals surface area contributed by atoms with Gasteiger partial charge in [-0.15, -0.1) is 0 Å². The summed E-state index contributed by atoms with van der Waals surface area (Å²) >= 11 is 0. The molecular weight excluding hydrogens is 238 g/mol. The highest BCUT2D eigenvalue weighted by Crippen LogP contribution is 2.24. The third kappa shape index (κ3) is 4.70. The number of rotatable bonds is 5. The molecule has 5 N–H and O–H groups in total. The molecule has 7 heteroatoms. The van der Waals surface area contributed by atoms with Gasteiger partial charge in [0.05, 0.1) is 19.0 Å². The van der Waals surface area contributed by atoms with Crippen molar-refractivity contribution in [2.75, 3.05) is 13.1 Å². The molecule has 0 heterocycles. The lowest BCUT2D eigenvalue weighted by atomic mass is 9.86. The average Bonchev–Trinajstić information content (AvgIpc) is 2.36. The van der Waals surface area contributed by atoms with E-state index in [0.717, 1.165) is 0 Å². The molecule has 18 heavy (non-hydrogen) atoms. The Hall–Kier alpha value is -1.63. The van der Waals surface area contributed by atoms with Crippen molar-refractivity contribution in [3.05, 3.63) is 0 Å². The predicted octanol–water partition coefficient (Wildman–Crippen LogP) is -1.18. The van der Waals surface area contributed by atoms with Crippen LogP contribution in [-0.2, 0) is 14.4 Å². The van der Waals surface area contributed by atoms with Gasteiger partial charge in [-0.05, 0) is 25.7 Å². The zero-order valence-electron chi connectivity index (χ0n) is 10.1. The fourth-order valence-corrected chi connectivity index (χ4v) is 2.01. The van der Waals surface area contributed by atoms with Crippen LogP contribution in [0.5, 0.6) is 0 Å². The summed E-state index contributed by atoms with van der Waals surface area (Å²) in [5.41, 5.74) is 5.09. The number of hydrogen-bond acceptors (Lipinski definition) is 4. The molecule has 0 saturated heterocycles. The number of carbonyl (C=O) groups excluding carboxylic acids is 2. The SMILES string of the molecule is NCC(=O)NCC(=O)NC1CCC(C(=O)O)CC1. The Kier molecular flexibility index (Phi) is 5.57. The lowest BCUT2D eigenvalue weighted by molar-refractivity contribution is -0.142. The molecule has 0 aromatic rings. The fourth-order valence-electron chi connectivity index (χ4n) is 2.01. The van der Waals surface area contributed by atoms with Crippen molar-refractivity contribution in [2.24, 2.45) is 11.7 Å². The molecule has 1 aliphatic rings. The Balaban J connectivity index is 2.22. The van der Waals surface area contributed by atoms with E-state index in [1.54, 1.807) is 0 Å². The summed E-state index contributed by atoms with van der Waals surface area (Å²) < 4.78 is 0. The standard InChI is InChI=1S/C11H19N3O4/c12-5-9(15)13-6-10(16)14-8-3-1-7(2-4-8)11(17)18/h7-8H,1-6,12H2,(H,13,15)(H,14,16)(H,17,18). The largest absolute Gasteiger partial charge is 0.481 e. The van der Waals surface area contributed by atoms with Crippen molar-refractivity contribution in [3.63, 3.8) is 0 Å². The van der Waals surface area contributed by atoms with E-state index < -0.39 is 5.97 Å². The van der Waals surface area contributed by atoms with Gasteiger partial charge >= 0.3 is 5.97 Å². The third-order valence-electron chi connectivity index (χ3n) is 3.07. The molecule has 0 bridgehead atoms. The number of carboxylic acid groups (broad SMARTS) is 1. The van der Waals surface area contributed by atoms with Crippen LogP contribution in [0.4, 0.5) is 0 Å². The molecule has 7 nitrogen and oxygen atoms in total. The van der Waals surface area contributed by atoms with E-state index in [-0.39, 0.29) is 36.9 Å². The summed E-state index contributed by atoms with van der Waals surface area (Å²) in [6.07, 6.45) is 2.48. The van der Waals surface area contributed by atoms with E-state index in [0.29, 0.717) is 25.7 Å². The lowest BCUT2D eigenvalue weighted by Crippen LogP contribution is -2.44. The van der Waals surface area contributed by atoms with E-state index in [2.05, 4.69) is 10.6 Å². The zero-order valence-corrected chi connectivity index (χ0v) is 10.1. The number of hydrogen-bond donors (Lipinski definition) is 4. The molecule has 1 fully saturated rings. The first-order valence-corrected chi connectivity index (χ1v) is 6.02. The highest BCUT2D eigenvalue weighted by atomic mass is 16.4. The summed E-state index contributed by atoms with van der Waals surface area (Å²) in [6.45, 7) is -0.230. The molecule has 2 amide bonds. The maximum Gasteiger partial charge on any atom is 0.306 e. The van der Waals surface area contributed by atoms with Crippen LogP contribution in [0.25, 0.3) is 0 Å². The van der Waals surface area contributed by atoms with Crippen LogP contribution in [0.3, 0.4) is 0 Å². The molecule has 0 spiro atoms. The van der Waals surface area contributed by atoms with Gasteiger partial charge in [-0.3, -0.25) is 14.4 Å². The molecule has 1 saturated carbocycles.